The summed E-state index contributed by atoms with van der Waals surface area (Å²) < 4.78 is 10.4. The van der Waals surface area contributed by atoms with Crippen molar-refractivity contribution in [3.63, 3.8) is 0 Å². The van der Waals surface area contributed by atoms with E-state index in [9.17, 15) is 9.90 Å². The Balaban J connectivity index is 0.00000220. The van der Waals surface area contributed by atoms with Crippen molar-refractivity contribution >= 4 is 29.2 Å². The van der Waals surface area contributed by atoms with Crippen LogP contribution in [0.3, 0.4) is 0 Å². The average molecular weight is 335 g/mol. The first-order chi connectivity index (χ1) is 9.54. The van der Waals surface area contributed by atoms with Gasteiger partial charge in [0.1, 0.15) is 17.5 Å². The fourth-order valence-electron chi connectivity index (χ4n) is 1.39. The van der Waals surface area contributed by atoms with Crippen molar-refractivity contribution in [1.82, 2.24) is 0 Å². The van der Waals surface area contributed by atoms with Crippen LogP contribution in [0.5, 0.6) is 11.5 Å². The summed E-state index contributed by atoms with van der Waals surface area (Å²) in [5, 5.41) is 12.1. The van der Waals surface area contributed by atoms with Gasteiger partial charge in [-0.15, -0.1) is 0 Å². The van der Waals surface area contributed by atoms with Crippen LogP contribution in [0.2, 0.25) is 10.0 Å². The molecule has 2 aromatic rings. The molecule has 21 heavy (non-hydrogen) atoms. The van der Waals surface area contributed by atoms with Crippen LogP contribution in [0.4, 0.5) is 0 Å². The Morgan fingerprint density at radius 2 is 1.19 bits per heavy atom. The first-order valence-corrected chi connectivity index (χ1v) is 6.35. The molecule has 0 spiro atoms. The summed E-state index contributed by atoms with van der Waals surface area (Å²) in [6, 6.07) is 12.4. The molecule has 0 aromatic heterocycles. The molecule has 0 aliphatic carbocycles. The second-order valence-corrected chi connectivity index (χ2v) is 4.67. The van der Waals surface area contributed by atoms with Gasteiger partial charge in [0.05, 0.1) is 0 Å². The van der Waals surface area contributed by atoms with Gasteiger partial charge >= 0.3 is 29.6 Å². The zero-order chi connectivity index (χ0) is 14.5. The number of carboxylic acid groups (broad SMARTS) is 1. The number of carbonyl (C=O) groups excluding carboxylic acids is 1. The van der Waals surface area contributed by atoms with Gasteiger partial charge in [-0.1, -0.05) is 23.2 Å². The van der Waals surface area contributed by atoms with Crippen molar-refractivity contribution in [2.24, 2.45) is 0 Å². The predicted molar refractivity (Wildman–Crippen MR) is 73.0 cm³/mol. The van der Waals surface area contributed by atoms with E-state index < -0.39 is 12.3 Å². The Kier molecular flexibility index (Phi) is 7.35. The monoisotopic (exact) mass is 334 g/mol. The van der Waals surface area contributed by atoms with Gasteiger partial charge in [-0.2, -0.15) is 0 Å². The quantitative estimate of drug-likeness (QED) is 0.548. The molecule has 0 amide bonds. The van der Waals surface area contributed by atoms with Crippen LogP contribution in [-0.2, 0) is 4.79 Å². The van der Waals surface area contributed by atoms with Gasteiger partial charge in [-0.25, -0.2) is 0 Å². The Hall–Kier alpha value is -0.910. The summed E-state index contributed by atoms with van der Waals surface area (Å²) in [5.74, 6) is -0.884. The van der Waals surface area contributed by atoms with Crippen molar-refractivity contribution < 1.29 is 48.9 Å². The molecule has 0 saturated heterocycles. The molecule has 0 saturated carbocycles. The molecule has 0 N–H and O–H groups in total. The van der Waals surface area contributed by atoms with E-state index in [1.54, 1.807) is 24.3 Å². The number of ether oxygens (including phenoxy) is 2. The third-order valence-electron chi connectivity index (χ3n) is 2.31. The molecule has 0 atom stereocenters. The summed E-state index contributed by atoms with van der Waals surface area (Å²) >= 11 is 11.5. The van der Waals surface area contributed by atoms with Gasteiger partial charge in [0.25, 0.3) is 6.29 Å². The van der Waals surface area contributed by atoms with Crippen molar-refractivity contribution in [3.8, 4) is 11.5 Å². The minimum atomic E-state index is -1.57. The average Bonchev–Trinajstić information content (AvgIpc) is 2.42. The van der Waals surface area contributed by atoms with E-state index in [4.69, 9.17) is 32.7 Å². The van der Waals surface area contributed by atoms with E-state index in [-0.39, 0.29) is 29.6 Å². The van der Waals surface area contributed by atoms with Crippen LogP contribution in [0.25, 0.3) is 0 Å². The zero-order valence-electron chi connectivity index (χ0n) is 11.1. The third-order valence-corrected chi connectivity index (χ3v) is 2.81. The zero-order valence-corrected chi connectivity index (χ0v) is 14.6. The van der Waals surface area contributed by atoms with Crippen LogP contribution in [0.1, 0.15) is 0 Å². The second kappa shape index (κ2) is 8.51. The molecule has 104 valence electrons. The van der Waals surface area contributed by atoms with Crippen molar-refractivity contribution in [3.05, 3.63) is 58.6 Å². The standard InChI is InChI=1S/C14H10Cl2O4.Na/c15-9-1-5-11(6-2-9)19-14(13(17)18)20-12-7-3-10(16)4-8-12;/h1-8,14H,(H,17,18);/q;+1/p-1. The predicted octanol–water partition coefficient (Wildman–Crippen LogP) is -0.469. The molecular weight excluding hydrogens is 326 g/mol. The Bertz CT molecular complexity index is 539. The third kappa shape index (κ3) is 5.77. The normalized spacial score (nSPS) is 9.86. The molecule has 2 aromatic carbocycles. The number of hydrogen-bond acceptors (Lipinski definition) is 4. The number of aliphatic carboxylic acids is 1. The van der Waals surface area contributed by atoms with E-state index in [2.05, 4.69) is 0 Å². The number of rotatable bonds is 5. The summed E-state index contributed by atoms with van der Waals surface area (Å²) in [6.07, 6.45) is -1.57. The molecule has 0 aliphatic heterocycles. The molecule has 0 bridgehead atoms. The van der Waals surface area contributed by atoms with Crippen molar-refractivity contribution in [2.45, 2.75) is 6.29 Å². The van der Waals surface area contributed by atoms with Gasteiger partial charge in [0, 0.05) is 10.0 Å². The maximum absolute atomic E-state index is 11.0. The van der Waals surface area contributed by atoms with Crippen molar-refractivity contribution in [1.29, 1.82) is 0 Å². The number of hydrogen-bond donors (Lipinski definition) is 0. The number of benzene rings is 2. The minimum absolute atomic E-state index is 0. The van der Waals surface area contributed by atoms with Crippen molar-refractivity contribution in [2.75, 3.05) is 0 Å². The molecule has 0 radical (unpaired) electrons. The number of carbonyl (C=O) groups is 1. The van der Waals surface area contributed by atoms with Crippen LogP contribution < -0.4 is 44.1 Å². The maximum Gasteiger partial charge on any atom is 1.00 e. The smallest absolute Gasteiger partial charge is 0.543 e. The molecule has 4 nitrogen and oxygen atoms in total. The van der Waals surface area contributed by atoms with E-state index >= 15 is 0 Å². The largest absolute Gasteiger partial charge is 1.00 e. The van der Waals surface area contributed by atoms with E-state index in [1.165, 1.54) is 24.3 Å². The van der Waals surface area contributed by atoms with Crippen LogP contribution in [-0.4, -0.2) is 12.3 Å². The number of carboxylic acids is 1. The SMILES string of the molecule is O=C([O-])C(Oc1ccc(Cl)cc1)Oc1ccc(Cl)cc1.[Na+]. The molecule has 2 rings (SSSR count). The van der Waals surface area contributed by atoms with E-state index in [1.807, 2.05) is 0 Å². The summed E-state index contributed by atoms with van der Waals surface area (Å²) in [4.78, 5) is 11.0. The maximum atomic E-state index is 11.0. The number of halogens is 2. The summed E-state index contributed by atoms with van der Waals surface area (Å²) in [6.45, 7) is 0. The Morgan fingerprint density at radius 1 is 0.857 bits per heavy atom. The summed E-state index contributed by atoms with van der Waals surface area (Å²) in [5.41, 5.74) is 0. The van der Waals surface area contributed by atoms with Crippen LogP contribution >= 0.6 is 23.2 Å². The first-order valence-electron chi connectivity index (χ1n) is 5.60. The van der Waals surface area contributed by atoms with Gasteiger partial charge in [0.15, 0.2) is 0 Å². The first kappa shape index (κ1) is 18.1. The van der Waals surface area contributed by atoms with Gasteiger partial charge in [-0.3, -0.25) is 0 Å². The molecule has 0 aliphatic rings. The summed E-state index contributed by atoms with van der Waals surface area (Å²) in [7, 11) is 0. The second-order valence-electron chi connectivity index (χ2n) is 3.79. The van der Waals surface area contributed by atoms with E-state index in [0.717, 1.165) is 0 Å². The van der Waals surface area contributed by atoms with Gasteiger partial charge in [0.2, 0.25) is 0 Å². The van der Waals surface area contributed by atoms with Gasteiger partial charge in [-0.05, 0) is 48.5 Å². The Labute approximate surface area is 153 Å². The van der Waals surface area contributed by atoms with Crippen LogP contribution in [0, 0.1) is 0 Å². The van der Waals surface area contributed by atoms with E-state index in [0.29, 0.717) is 21.5 Å². The molecular formula is C14H9Cl2NaO4. The Morgan fingerprint density at radius 3 is 1.48 bits per heavy atom. The fraction of sp³-hybridized carbons (Fsp3) is 0.0714. The topological polar surface area (TPSA) is 58.6 Å². The molecule has 0 fully saturated rings. The molecule has 7 heteroatoms. The van der Waals surface area contributed by atoms with Crippen LogP contribution in [0.15, 0.2) is 48.5 Å². The molecule has 0 unspecified atom stereocenters. The molecule has 0 heterocycles. The minimum Gasteiger partial charge on any atom is -0.543 e. The fourth-order valence-corrected chi connectivity index (χ4v) is 1.65. The van der Waals surface area contributed by atoms with Gasteiger partial charge < -0.3 is 19.4 Å².